The maximum Gasteiger partial charge on any atom is 0.237 e. The van der Waals surface area contributed by atoms with Crippen LogP contribution in [0, 0.1) is 5.41 Å². The number of ether oxygens (including phenoxy) is 1. The van der Waals surface area contributed by atoms with E-state index in [1.165, 1.54) is 0 Å². The Morgan fingerprint density at radius 2 is 1.80 bits per heavy atom. The van der Waals surface area contributed by atoms with Gasteiger partial charge in [0.15, 0.2) is 0 Å². The molecule has 1 saturated carbocycles. The van der Waals surface area contributed by atoms with Crippen LogP contribution in [0.3, 0.4) is 0 Å². The average molecular weight is 442 g/mol. The van der Waals surface area contributed by atoms with Gasteiger partial charge in [-0.15, -0.1) is 0 Å². The molecule has 7 heteroatoms. The molecule has 2 aliphatic carbocycles. The van der Waals surface area contributed by atoms with Crippen molar-refractivity contribution in [3.05, 3.63) is 57.8 Å². The molecule has 3 aromatic rings. The normalized spacial score (nSPS) is 23.4. The molecule has 2 aromatic carbocycles. The number of hydrogen-bond acceptors (Lipinski definition) is 4. The third kappa shape index (κ3) is 2.45. The number of hydrogen-bond donors (Lipinski definition) is 1. The molecule has 2 atom stereocenters. The lowest BCUT2D eigenvalue weighted by molar-refractivity contribution is -0.124. The summed E-state index contributed by atoms with van der Waals surface area (Å²) < 4.78 is 5.42. The highest BCUT2D eigenvalue weighted by atomic mass is 35.5. The number of nitrogens with zero attached hydrogens (tertiary/aromatic N) is 2. The number of para-hydroxylation sites is 2. The van der Waals surface area contributed by atoms with Crippen molar-refractivity contribution in [3.63, 3.8) is 0 Å². The fraction of sp³-hybridized carbons (Fsp3) is 0.348. The summed E-state index contributed by atoms with van der Waals surface area (Å²) in [7, 11) is 1.59. The van der Waals surface area contributed by atoms with Crippen LogP contribution in [0.4, 0.5) is 5.69 Å². The number of carbonyl (C=O) groups excluding carboxylic acids is 1. The minimum absolute atomic E-state index is 0.0769. The van der Waals surface area contributed by atoms with Gasteiger partial charge in [-0.1, -0.05) is 49.2 Å². The third-order valence-electron chi connectivity index (χ3n) is 6.99. The van der Waals surface area contributed by atoms with Crippen molar-refractivity contribution in [3.8, 4) is 5.75 Å². The van der Waals surface area contributed by atoms with E-state index in [9.17, 15) is 4.79 Å². The minimum Gasteiger partial charge on any atom is -0.495 e. The number of rotatable bonds is 3. The van der Waals surface area contributed by atoms with Crippen LogP contribution in [0.5, 0.6) is 5.75 Å². The van der Waals surface area contributed by atoms with Crippen LogP contribution in [0.15, 0.2) is 36.4 Å². The van der Waals surface area contributed by atoms with Crippen LogP contribution in [0.2, 0.25) is 10.0 Å². The first-order valence-corrected chi connectivity index (χ1v) is 10.7. The second kappa shape index (κ2) is 6.56. The fourth-order valence-corrected chi connectivity index (χ4v) is 5.67. The van der Waals surface area contributed by atoms with Gasteiger partial charge in [0, 0.05) is 5.92 Å². The summed E-state index contributed by atoms with van der Waals surface area (Å²) in [5, 5.41) is 3.98. The lowest BCUT2D eigenvalue weighted by Gasteiger charge is -2.36. The molecule has 0 radical (unpaired) electrons. The van der Waals surface area contributed by atoms with Crippen molar-refractivity contribution in [1.29, 1.82) is 0 Å². The summed E-state index contributed by atoms with van der Waals surface area (Å²) in [6.45, 7) is 4.28. The highest BCUT2D eigenvalue weighted by Crippen LogP contribution is 2.67. The average Bonchev–Trinajstić information content (AvgIpc) is 3.09. The number of benzene rings is 2. The zero-order valence-electron chi connectivity index (χ0n) is 16.9. The van der Waals surface area contributed by atoms with Gasteiger partial charge in [-0.25, -0.2) is 9.97 Å². The lowest BCUT2D eigenvalue weighted by atomic mass is 9.67. The summed E-state index contributed by atoms with van der Waals surface area (Å²) in [5.41, 5.74) is 2.54. The molecule has 1 amide bonds. The van der Waals surface area contributed by atoms with Crippen LogP contribution in [-0.4, -0.2) is 23.0 Å². The lowest BCUT2D eigenvalue weighted by Crippen LogP contribution is -2.46. The van der Waals surface area contributed by atoms with E-state index in [0.29, 0.717) is 32.5 Å². The largest absolute Gasteiger partial charge is 0.495 e. The summed E-state index contributed by atoms with van der Waals surface area (Å²) in [6.07, 6.45) is 1.61. The molecule has 0 spiro atoms. The zero-order valence-corrected chi connectivity index (χ0v) is 18.4. The molecule has 1 N–H and O–H groups in total. The van der Waals surface area contributed by atoms with Crippen molar-refractivity contribution in [2.75, 3.05) is 12.4 Å². The number of nitrogens with one attached hydrogen (secondary N) is 1. The molecule has 2 unspecified atom stereocenters. The van der Waals surface area contributed by atoms with Crippen LogP contribution >= 0.6 is 23.2 Å². The van der Waals surface area contributed by atoms with E-state index in [4.69, 9.17) is 37.9 Å². The number of anilines is 1. The van der Waals surface area contributed by atoms with Crippen molar-refractivity contribution < 1.29 is 9.53 Å². The van der Waals surface area contributed by atoms with Crippen LogP contribution in [0.1, 0.15) is 44.0 Å². The van der Waals surface area contributed by atoms with Gasteiger partial charge in [0.1, 0.15) is 5.75 Å². The number of carbonyl (C=O) groups is 1. The van der Waals surface area contributed by atoms with Gasteiger partial charge in [-0.05, 0) is 42.5 Å². The molecule has 30 heavy (non-hydrogen) atoms. The number of aromatic nitrogens is 2. The minimum atomic E-state index is -0.777. The number of fused-ring (bicyclic) bond motifs is 6. The van der Waals surface area contributed by atoms with Crippen molar-refractivity contribution >= 4 is 45.8 Å². The van der Waals surface area contributed by atoms with Crippen LogP contribution in [-0.2, 0) is 10.2 Å². The maximum absolute atomic E-state index is 13.8. The quantitative estimate of drug-likeness (QED) is 0.562. The summed E-state index contributed by atoms with van der Waals surface area (Å²) in [4.78, 5) is 23.6. The van der Waals surface area contributed by atoms with Gasteiger partial charge < -0.3 is 10.1 Å². The third-order valence-corrected chi connectivity index (χ3v) is 7.71. The van der Waals surface area contributed by atoms with E-state index in [2.05, 4.69) is 19.2 Å². The van der Waals surface area contributed by atoms with Gasteiger partial charge in [-0.3, -0.25) is 4.79 Å². The SMILES string of the molecule is COc1ccccc1NC(=O)C12CCC(c3nc4cc(Cl)c(Cl)cc4nc31)C2(C)C. The second-order valence-corrected chi connectivity index (χ2v) is 9.40. The van der Waals surface area contributed by atoms with Crippen molar-refractivity contribution in [2.24, 2.45) is 5.41 Å². The number of halogens is 2. The highest BCUT2D eigenvalue weighted by molar-refractivity contribution is 6.42. The van der Waals surface area contributed by atoms with Gasteiger partial charge in [-0.2, -0.15) is 0 Å². The van der Waals surface area contributed by atoms with Gasteiger partial charge >= 0.3 is 0 Å². The Kier molecular flexibility index (Phi) is 4.28. The first kappa shape index (κ1) is 19.6. The van der Waals surface area contributed by atoms with Crippen molar-refractivity contribution in [2.45, 2.75) is 38.0 Å². The molecule has 154 valence electrons. The number of methoxy groups -OCH3 is 1. The Balaban J connectivity index is 1.67. The molecule has 1 aromatic heterocycles. The molecule has 2 bridgehead atoms. The first-order valence-electron chi connectivity index (χ1n) is 9.91. The Hall–Kier alpha value is -2.37. The van der Waals surface area contributed by atoms with E-state index >= 15 is 0 Å². The van der Waals surface area contributed by atoms with Gasteiger partial charge in [0.25, 0.3) is 0 Å². The molecule has 1 heterocycles. The molecule has 5 rings (SSSR count). The molecular formula is C23H21Cl2N3O2. The molecule has 2 aliphatic rings. The van der Waals surface area contributed by atoms with E-state index in [1.807, 2.05) is 24.3 Å². The van der Waals surface area contributed by atoms with E-state index < -0.39 is 5.41 Å². The fourth-order valence-electron chi connectivity index (χ4n) is 5.36. The van der Waals surface area contributed by atoms with E-state index in [0.717, 1.165) is 24.2 Å². The van der Waals surface area contributed by atoms with Crippen LogP contribution in [0.25, 0.3) is 11.0 Å². The predicted octanol–water partition coefficient (Wildman–Crippen LogP) is 5.74. The van der Waals surface area contributed by atoms with E-state index in [1.54, 1.807) is 19.2 Å². The molecule has 0 saturated heterocycles. The zero-order chi connectivity index (χ0) is 21.3. The second-order valence-electron chi connectivity index (χ2n) is 8.59. The smallest absolute Gasteiger partial charge is 0.237 e. The molecule has 5 nitrogen and oxygen atoms in total. The van der Waals surface area contributed by atoms with Gasteiger partial charge in [0.05, 0.1) is 50.7 Å². The Morgan fingerprint density at radius 1 is 1.13 bits per heavy atom. The molecule has 0 aliphatic heterocycles. The monoisotopic (exact) mass is 441 g/mol. The summed E-state index contributed by atoms with van der Waals surface area (Å²) in [6, 6.07) is 10.9. The Bertz CT molecular complexity index is 1210. The highest BCUT2D eigenvalue weighted by Gasteiger charge is 2.67. The Morgan fingerprint density at radius 3 is 2.50 bits per heavy atom. The topological polar surface area (TPSA) is 64.1 Å². The Labute approximate surface area is 184 Å². The molecular weight excluding hydrogens is 421 g/mol. The molecule has 1 fully saturated rings. The predicted molar refractivity (Wildman–Crippen MR) is 119 cm³/mol. The van der Waals surface area contributed by atoms with Gasteiger partial charge in [0.2, 0.25) is 5.91 Å². The first-order chi connectivity index (χ1) is 14.3. The van der Waals surface area contributed by atoms with E-state index in [-0.39, 0.29) is 17.2 Å². The summed E-state index contributed by atoms with van der Waals surface area (Å²) in [5.74, 6) is 0.702. The maximum atomic E-state index is 13.8. The standard InChI is InChI=1S/C23H21Cl2N3O2/c1-22(2)12-8-9-23(22,21(29)28-15-6-4-5-7-18(15)30-3)20-19(12)26-16-10-13(24)14(25)11-17(16)27-20/h4-7,10-12H,8-9H2,1-3H3,(H,28,29). The van der Waals surface area contributed by atoms with Crippen LogP contribution < -0.4 is 10.1 Å². The summed E-state index contributed by atoms with van der Waals surface area (Å²) >= 11 is 12.4. The number of amides is 1. The van der Waals surface area contributed by atoms with Crippen molar-refractivity contribution in [1.82, 2.24) is 9.97 Å².